The van der Waals surface area contributed by atoms with Crippen LogP contribution in [-0.2, 0) is 11.3 Å². The number of nitrogens with one attached hydrogen (secondary N) is 1. The van der Waals surface area contributed by atoms with Crippen LogP contribution in [0.15, 0.2) is 10.5 Å². The van der Waals surface area contributed by atoms with Gasteiger partial charge in [-0.05, 0) is 32.8 Å². The second kappa shape index (κ2) is 5.12. The van der Waals surface area contributed by atoms with E-state index in [1.165, 1.54) is 0 Å². The first-order valence-corrected chi connectivity index (χ1v) is 6.15. The summed E-state index contributed by atoms with van der Waals surface area (Å²) in [5.41, 5.74) is 0.964. The smallest absolute Gasteiger partial charge is 0.371 e. The number of furan rings is 1. The van der Waals surface area contributed by atoms with Crippen LogP contribution in [0.4, 0.5) is 0 Å². The predicted molar refractivity (Wildman–Crippen MR) is 65.7 cm³/mol. The van der Waals surface area contributed by atoms with Crippen LogP contribution in [0.25, 0.3) is 0 Å². The molecule has 1 aliphatic rings. The monoisotopic (exact) mass is 253 g/mol. The van der Waals surface area contributed by atoms with Crippen LogP contribution in [-0.4, -0.2) is 29.8 Å². The molecule has 100 valence electrons. The molecule has 2 rings (SSSR count). The van der Waals surface area contributed by atoms with Gasteiger partial charge in [-0.3, -0.25) is 0 Å². The van der Waals surface area contributed by atoms with Crippen LogP contribution in [0.3, 0.4) is 0 Å². The molecule has 0 aliphatic carbocycles. The minimum atomic E-state index is -1.03. The molecule has 0 amide bonds. The Labute approximate surface area is 106 Å². The molecule has 5 nitrogen and oxygen atoms in total. The predicted octanol–water partition coefficient (Wildman–Crippen LogP) is 1.94. The maximum Gasteiger partial charge on any atom is 0.371 e. The van der Waals surface area contributed by atoms with Crippen molar-refractivity contribution in [2.75, 3.05) is 13.2 Å². The van der Waals surface area contributed by atoms with Gasteiger partial charge in [0.05, 0.1) is 0 Å². The molecule has 1 fully saturated rings. The molecule has 5 heteroatoms. The van der Waals surface area contributed by atoms with E-state index in [4.69, 9.17) is 14.3 Å². The summed E-state index contributed by atoms with van der Waals surface area (Å²) in [4.78, 5) is 10.8. The molecule has 0 spiro atoms. The van der Waals surface area contributed by atoms with Gasteiger partial charge in [0.2, 0.25) is 5.76 Å². The minimum Gasteiger partial charge on any atom is -0.475 e. The number of hydrogen-bond acceptors (Lipinski definition) is 4. The Balaban J connectivity index is 1.99. The second-order valence-electron chi connectivity index (χ2n) is 5.02. The Morgan fingerprint density at radius 2 is 2.17 bits per heavy atom. The van der Waals surface area contributed by atoms with Crippen molar-refractivity contribution in [3.63, 3.8) is 0 Å². The minimum absolute atomic E-state index is 0.00132. The highest BCUT2D eigenvalue weighted by Gasteiger charge is 2.27. The molecule has 18 heavy (non-hydrogen) atoms. The zero-order valence-corrected chi connectivity index (χ0v) is 10.8. The molecule has 1 aromatic rings. The highest BCUT2D eigenvalue weighted by molar-refractivity contribution is 5.84. The number of carbonyl (C=O) groups is 1. The molecular weight excluding hydrogens is 234 g/mol. The van der Waals surface area contributed by atoms with Gasteiger partial charge in [0.15, 0.2) is 0 Å². The van der Waals surface area contributed by atoms with Crippen molar-refractivity contribution in [3.05, 3.63) is 23.2 Å². The quantitative estimate of drug-likeness (QED) is 0.858. The molecule has 1 saturated heterocycles. The molecular formula is C13H19NO4. The van der Waals surface area contributed by atoms with Crippen molar-refractivity contribution in [2.45, 2.75) is 38.8 Å². The summed E-state index contributed by atoms with van der Waals surface area (Å²) < 4.78 is 10.5. The number of carboxylic acids is 1. The SMILES string of the molecule is Cc1oc(C(=O)O)cc1CNC1(C)CCOCC1. The normalized spacial score (nSPS) is 18.8. The van der Waals surface area contributed by atoms with Gasteiger partial charge in [-0.1, -0.05) is 0 Å². The van der Waals surface area contributed by atoms with Gasteiger partial charge in [0.25, 0.3) is 0 Å². The fourth-order valence-corrected chi connectivity index (χ4v) is 2.11. The maximum atomic E-state index is 10.8. The molecule has 0 saturated carbocycles. The first-order chi connectivity index (χ1) is 8.50. The van der Waals surface area contributed by atoms with Crippen LogP contribution >= 0.6 is 0 Å². The van der Waals surface area contributed by atoms with E-state index in [0.29, 0.717) is 12.3 Å². The number of aromatic carboxylic acids is 1. The van der Waals surface area contributed by atoms with Gasteiger partial charge in [0.1, 0.15) is 5.76 Å². The second-order valence-corrected chi connectivity index (χ2v) is 5.02. The van der Waals surface area contributed by atoms with Crippen molar-refractivity contribution in [1.82, 2.24) is 5.32 Å². The van der Waals surface area contributed by atoms with E-state index in [9.17, 15) is 4.79 Å². The van der Waals surface area contributed by atoms with Crippen LogP contribution in [0.1, 0.15) is 41.6 Å². The fourth-order valence-electron chi connectivity index (χ4n) is 2.11. The standard InChI is InChI=1S/C13H19NO4/c1-9-10(7-11(18-9)12(15)16)8-14-13(2)3-5-17-6-4-13/h7,14H,3-6,8H2,1-2H3,(H,15,16). The molecule has 2 heterocycles. The Morgan fingerprint density at radius 1 is 1.50 bits per heavy atom. The van der Waals surface area contributed by atoms with Crippen molar-refractivity contribution in [2.24, 2.45) is 0 Å². The van der Waals surface area contributed by atoms with Crippen molar-refractivity contribution in [1.29, 1.82) is 0 Å². The average molecular weight is 253 g/mol. The van der Waals surface area contributed by atoms with Crippen molar-refractivity contribution < 1.29 is 19.1 Å². The third-order valence-corrected chi connectivity index (χ3v) is 3.53. The lowest BCUT2D eigenvalue weighted by Crippen LogP contribution is -2.46. The van der Waals surface area contributed by atoms with Crippen molar-refractivity contribution >= 4 is 5.97 Å². The van der Waals surface area contributed by atoms with Gasteiger partial charge in [-0.25, -0.2) is 4.79 Å². The van der Waals surface area contributed by atoms with E-state index < -0.39 is 5.97 Å². The summed E-state index contributed by atoms with van der Waals surface area (Å²) in [7, 11) is 0. The summed E-state index contributed by atoms with van der Waals surface area (Å²) in [5, 5.41) is 12.3. The molecule has 0 aromatic carbocycles. The third kappa shape index (κ3) is 2.91. The summed E-state index contributed by atoms with van der Waals surface area (Å²) in [6.07, 6.45) is 1.94. The van der Waals surface area contributed by atoms with Crippen LogP contribution in [0.2, 0.25) is 0 Å². The zero-order valence-electron chi connectivity index (χ0n) is 10.8. The van der Waals surface area contributed by atoms with Crippen LogP contribution < -0.4 is 5.32 Å². The molecule has 1 aliphatic heterocycles. The summed E-state index contributed by atoms with van der Waals surface area (Å²) >= 11 is 0. The van der Waals surface area contributed by atoms with Gasteiger partial charge in [0, 0.05) is 30.9 Å². The van der Waals surface area contributed by atoms with E-state index in [1.807, 2.05) is 0 Å². The summed E-state index contributed by atoms with van der Waals surface area (Å²) in [5.74, 6) is -0.362. The number of hydrogen-bond donors (Lipinski definition) is 2. The first-order valence-electron chi connectivity index (χ1n) is 6.15. The topological polar surface area (TPSA) is 71.7 Å². The van der Waals surface area contributed by atoms with Gasteiger partial charge in [-0.15, -0.1) is 0 Å². The summed E-state index contributed by atoms with van der Waals surface area (Å²) in [6, 6.07) is 1.59. The highest BCUT2D eigenvalue weighted by Crippen LogP contribution is 2.22. The molecule has 1 aromatic heterocycles. The van der Waals surface area contributed by atoms with Gasteiger partial charge >= 0.3 is 5.97 Å². The van der Waals surface area contributed by atoms with Gasteiger partial charge < -0.3 is 19.6 Å². The van der Waals surface area contributed by atoms with E-state index in [1.54, 1.807) is 13.0 Å². The molecule has 2 N–H and O–H groups in total. The van der Waals surface area contributed by atoms with E-state index in [2.05, 4.69) is 12.2 Å². The maximum absolute atomic E-state index is 10.8. The van der Waals surface area contributed by atoms with E-state index in [-0.39, 0.29) is 11.3 Å². The number of ether oxygens (including phenoxy) is 1. The number of carboxylic acid groups (broad SMARTS) is 1. The Morgan fingerprint density at radius 3 is 2.72 bits per heavy atom. The molecule has 0 radical (unpaired) electrons. The van der Waals surface area contributed by atoms with Crippen LogP contribution in [0, 0.1) is 6.92 Å². The Kier molecular flexibility index (Phi) is 3.73. The molecule has 0 bridgehead atoms. The fraction of sp³-hybridized carbons (Fsp3) is 0.615. The van der Waals surface area contributed by atoms with E-state index in [0.717, 1.165) is 31.6 Å². The van der Waals surface area contributed by atoms with Crippen LogP contribution in [0.5, 0.6) is 0 Å². The third-order valence-electron chi connectivity index (χ3n) is 3.53. The first kappa shape index (κ1) is 13.1. The van der Waals surface area contributed by atoms with E-state index >= 15 is 0 Å². The lowest BCUT2D eigenvalue weighted by atomic mass is 9.92. The van der Waals surface area contributed by atoms with Crippen molar-refractivity contribution in [3.8, 4) is 0 Å². The molecule has 0 unspecified atom stereocenters. The number of aryl methyl sites for hydroxylation is 1. The Hall–Kier alpha value is -1.33. The highest BCUT2D eigenvalue weighted by atomic mass is 16.5. The number of rotatable bonds is 4. The largest absolute Gasteiger partial charge is 0.475 e. The lowest BCUT2D eigenvalue weighted by Gasteiger charge is -2.34. The lowest BCUT2D eigenvalue weighted by molar-refractivity contribution is 0.0446. The Bertz CT molecular complexity index is 432. The molecule has 0 atom stereocenters. The average Bonchev–Trinajstić information content (AvgIpc) is 2.70. The zero-order chi connectivity index (χ0) is 13.2. The van der Waals surface area contributed by atoms with Gasteiger partial charge in [-0.2, -0.15) is 0 Å². The summed E-state index contributed by atoms with van der Waals surface area (Å²) in [6.45, 7) is 6.13.